The normalized spacial score (nSPS) is 10.8. The molecular weight excluding hydrogens is 208 g/mol. The Hall–Kier alpha value is -1.13. The van der Waals surface area contributed by atoms with Crippen molar-refractivity contribution in [3.05, 3.63) is 29.1 Å². The lowest BCUT2D eigenvalue weighted by atomic mass is 10.3. The van der Waals surface area contributed by atoms with Crippen LogP contribution in [0.25, 0.3) is 10.6 Å². The third-order valence-electron chi connectivity index (χ3n) is 2.22. The summed E-state index contributed by atoms with van der Waals surface area (Å²) < 4.78 is 5.42. The number of rotatable bonds is 4. The summed E-state index contributed by atoms with van der Waals surface area (Å²) in [7, 11) is 1.91. The first-order valence-electron chi connectivity index (χ1n) is 5.01. The van der Waals surface area contributed by atoms with Crippen molar-refractivity contribution in [3.63, 3.8) is 0 Å². The predicted molar refractivity (Wildman–Crippen MR) is 62.0 cm³/mol. The number of aromatic nitrogens is 1. The van der Waals surface area contributed by atoms with E-state index in [1.807, 2.05) is 7.05 Å². The molecule has 2 rings (SSSR count). The molecule has 0 aliphatic rings. The van der Waals surface area contributed by atoms with Crippen LogP contribution in [0.2, 0.25) is 0 Å². The van der Waals surface area contributed by atoms with Crippen LogP contribution in [0.5, 0.6) is 0 Å². The van der Waals surface area contributed by atoms with Crippen LogP contribution in [0.1, 0.15) is 17.5 Å². The topological polar surface area (TPSA) is 38.1 Å². The van der Waals surface area contributed by atoms with Gasteiger partial charge in [-0.15, -0.1) is 11.3 Å². The number of oxazole rings is 1. The molecule has 3 nitrogen and oxygen atoms in total. The zero-order valence-electron chi connectivity index (χ0n) is 8.91. The summed E-state index contributed by atoms with van der Waals surface area (Å²) in [4.78, 5) is 6.73. The summed E-state index contributed by atoms with van der Waals surface area (Å²) in [6, 6.07) is 4.24. The van der Waals surface area contributed by atoms with Crippen LogP contribution in [0, 0.1) is 0 Å². The summed E-state index contributed by atoms with van der Waals surface area (Å²) in [6.45, 7) is 2.90. The zero-order valence-corrected chi connectivity index (χ0v) is 9.73. The molecule has 0 spiro atoms. The first-order valence-corrected chi connectivity index (χ1v) is 5.82. The van der Waals surface area contributed by atoms with Gasteiger partial charge >= 0.3 is 0 Å². The highest BCUT2D eigenvalue weighted by molar-refractivity contribution is 7.15. The fourth-order valence-corrected chi connectivity index (χ4v) is 2.41. The summed E-state index contributed by atoms with van der Waals surface area (Å²) in [6.07, 6.45) is 2.58. The van der Waals surface area contributed by atoms with E-state index in [-0.39, 0.29) is 0 Å². The molecule has 0 aliphatic heterocycles. The van der Waals surface area contributed by atoms with Crippen molar-refractivity contribution in [2.45, 2.75) is 19.9 Å². The fourth-order valence-electron chi connectivity index (χ4n) is 1.45. The van der Waals surface area contributed by atoms with Gasteiger partial charge in [-0.1, -0.05) is 6.92 Å². The van der Waals surface area contributed by atoms with Gasteiger partial charge in [-0.05, 0) is 25.6 Å². The maximum atomic E-state index is 5.42. The summed E-state index contributed by atoms with van der Waals surface area (Å²) in [5.74, 6) is 0.897. The Morgan fingerprint density at radius 2 is 2.33 bits per heavy atom. The quantitative estimate of drug-likeness (QED) is 0.864. The number of thiophene rings is 1. The van der Waals surface area contributed by atoms with Crippen LogP contribution in [-0.2, 0) is 13.0 Å². The molecule has 1 N–H and O–H groups in total. The standard InChI is InChI=1S/C11H14N2OS/c1-3-8-4-5-10(15-8)11-9(6-12-2)13-7-14-11/h4-5,7,12H,3,6H2,1-2H3. The zero-order chi connectivity index (χ0) is 10.7. The van der Waals surface area contributed by atoms with Crippen molar-refractivity contribution in [1.29, 1.82) is 0 Å². The van der Waals surface area contributed by atoms with Crippen molar-refractivity contribution in [2.24, 2.45) is 0 Å². The van der Waals surface area contributed by atoms with Gasteiger partial charge < -0.3 is 9.73 Å². The molecule has 0 aliphatic carbocycles. The molecule has 80 valence electrons. The Balaban J connectivity index is 2.31. The highest BCUT2D eigenvalue weighted by atomic mass is 32.1. The van der Waals surface area contributed by atoms with Gasteiger partial charge in [-0.25, -0.2) is 4.98 Å². The van der Waals surface area contributed by atoms with Gasteiger partial charge in [0.25, 0.3) is 0 Å². The van der Waals surface area contributed by atoms with Gasteiger partial charge in [0.1, 0.15) is 5.69 Å². The second-order valence-electron chi connectivity index (χ2n) is 3.28. The van der Waals surface area contributed by atoms with E-state index in [4.69, 9.17) is 4.42 Å². The molecule has 0 saturated heterocycles. The van der Waals surface area contributed by atoms with Crippen LogP contribution in [0.15, 0.2) is 22.9 Å². The van der Waals surface area contributed by atoms with E-state index in [2.05, 4.69) is 29.4 Å². The minimum absolute atomic E-state index is 0.741. The number of nitrogens with zero attached hydrogens (tertiary/aromatic N) is 1. The van der Waals surface area contributed by atoms with E-state index in [1.54, 1.807) is 11.3 Å². The Morgan fingerprint density at radius 1 is 1.47 bits per heavy atom. The summed E-state index contributed by atoms with van der Waals surface area (Å²) >= 11 is 1.77. The van der Waals surface area contributed by atoms with E-state index < -0.39 is 0 Å². The molecule has 0 amide bonds. The Bertz CT molecular complexity index is 433. The van der Waals surface area contributed by atoms with E-state index in [0.717, 1.165) is 29.3 Å². The number of aryl methyl sites for hydroxylation is 1. The average molecular weight is 222 g/mol. The third kappa shape index (κ3) is 2.11. The SMILES string of the molecule is CCc1ccc(-c2ocnc2CNC)s1. The predicted octanol–water partition coefficient (Wildman–Crippen LogP) is 2.68. The number of hydrogen-bond acceptors (Lipinski definition) is 4. The van der Waals surface area contributed by atoms with Crippen LogP contribution in [0.4, 0.5) is 0 Å². The third-order valence-corrected chi connectivity index (χ3v) is 3.45. The maximum Gasteiger partial charge on any atom is 0.181 e. The number of nitrogens with one attached hydrogen (secondary N) is 1. The molecule has 2 aromatic rings. The number of hydrogen-bond donors (Lipinski definition) is 1. The minimum atomic E-state index is 0.741. The van der Waals surface area contributed by atoms with Gasteiger partial charge in [-0.2, -0.15) is 0 Å². The summed E-state index contributed by atoms with van der Waals surface area (Å²) in [5.41, 5.74) is 0.974. The molecule has 0 saturated carbocycles. The lowest BCUT2D eigenvalue weighted by Gasteiger charge is -1.96. The van der Waals surface area contributed by atoms with E-state index in [0.29, 0.717) is 0 Å². The van der Waals surface area contributed by atoms with Crippen molar-refractivity contribution in [1.82, 2.24) is 10.3 Å². The van der Waals surface area contributed by atoms with Gasteiger partial charge in [-0.3, -0.25) is 0 Å². The van der Waals surface area contributed by atoms with Crippen LogP contribution in [0.3, 0.4) is 0 Å². The monoisotopic (exact) mass is 222 g/mol. The second kappa shape index (κ2) is 4.59. The fraction of sp³-hybridized carbons (Fsp3) is 0.364. The Morgan fingerprint density at radius 3 is 3.00 bits per heavy atom. The lowest BCUT2D eigenvalue weighted by Crippen LogP contribution is -2.05. The molecule has 2 heterocycles. The van der Waals surface area contributed by atoms with Gasteiger partial charge in [0, 0.05) is 11.4 Å². The summed E-state index contributed by atoms with van der Waals surface area (Å²) in [5, 5.41) is 3.08. The highest BCUT2D eigenvalue weighted by Crippen LogP contribution is 2.30. The Kier molecular flexibility index (Phi) is 3.18. The van der Waals surface area contributed by atoms with Gasteiger partial charge in [0.05, 0.1) is 4.88 Å². The van der Waals surface area contributed by atoms with Crippen molar-refractivity contribution in [3.8, 4) is 10.6 Å². The smallest absolute Gasteiger partial charge is 0.181 e. The largest absolute Gasteiger partial charge is 0.442 e. The highest BCUT2D eigenvalue weighted by Gasteiger charge is 2.11. The molecule has 0 aromatic carbocycles. The lowest BCUT2D eigenvalue weighted by molar-refractivity contribution is 0.571. The molecule has 2 aromatic heterocycles. The van der Waals surface area contributed by atoms with E-state index in [1.165, 1.54) is 11.3 Å². The van der Waals surface area contributed by atoms with E-state index >= 15 is 0 Å². The van der Waals surface area contributed by atoms with Crippen LogP contribution < -0.4 is 5.32 Å². The molecule has 0 unspecified atom stereocenters. The van der Waals surface area contributed by atoms with Crippen LogP contribution >= 0.6 is 11.3 Å². The van der Waals surface area contributed by atoms with Crippen LogP contribution in [-0.4, -0.2) is 12.0 Å². The van der Waals surface area contributed by atoms with Gasteiger partial charge in [0.2, 0.25) is 0 Å². The minimum Gasteiger partial charge on any atom is -0.442 e. The van der Waals surface area contributed by atoms with Crippen molar-refractivity contribution >= 4 is 11.3 Å². The second-order valence-corrected chi connectivity index (χ2v) is 4.45. The molecular formula is C11H14N2OS. The first-order chi connectivity index (χ1) is 7.35. The van der Waals surface area contributed by atoms with E-state index in [9.17, 15) is 0 Å². The maximum absolute atomic E-state index is 5.42. The molecule has 4 heteroatoms. The molecule has 0 fully saturated rings. The average Bonchev–Trinajstić information content (AvgIpc) is 2.85. The first kappa shape index (κ1) is 10.4. The Labute approximate surface area is 93.2 Å². The molecule has 0 atom stereocenters. The van der Waals surface area contributed by atoms with Crippen molar-refractivity contribution < 1.29 is 4.42 Å². The molecule has 0 bridgehead atoms. The van der Waals surface area contributed by atoms with Gasteiger partial charge in [0.15, 0.2) is 12.2 Å². The van der Waals surface area contributed by atoms with Crippen molar-refractivity contribution in [2.75, 3.05) is 7.05 Å². The molecule has 0 radical (unpaired) electrons. The molecule has 15 heavy (non-hydrogen) atoms.